The number of carbonyl (C=O) groups excluding carboxylic acids is 2. The van der Waals surface area contributed by atoms with Gasteiger partial charge in [0.1, 0.15) is 19.0 Å². The maximum atomic E-state index is 12.8. The van der Waals surface area contributed by atoms with Gasteiger partial charge in [-0.15, -0.1) is 11.8 Å². The molecule has 0 radical (unpaired) electrons. The summed E-state index contributed by atoms with van der Waals surface area (Å²) in [7, 11) is 0. The van der Waals surface area contributed by atoms with Gasteiger partial charge in [-0.05, 0) is 43.7 Å². The van der Waals surface area contributed by atoms with Crippen LogP contribution in [-0.4, -0.2) is 73.5 Å². The zero-order valence-corrected chi connectivity index (χ0v) is 18.9. The molecule has 0 unspecified atom stereocenters. The number of hydrogen-bond donors (Lipinski definition) is 0. The first-order valence-corrected chi connectivity index (χ1v) is 11.8. The van der Waals surface area contributed by atoms with Crippen LogP contribution < -0.4 is 14.4 Å². The second-order valence-corrected chi connectivity index (χ2v) is 8.49. The molecule has 0 saturated carbocycles. The Bertz CT molecular complexity index is 953. The number of hydrogen-bond acceptors (Lipinski definition) is 8. The molecule has 2 aromatic rings. The Kier molecular flexibility index (Phi) is 7.36. The van der Waals surface area contributed by atoms with Crippen LogP contribution in [-0.2, 0) is 9.53 Å². The lowest BCUT2D eigenvalue weighted by Crippen LogP contribution is -2.36. The van der Waals surface area contributed by atoms with Crippen molar-refractivity contribution in [1.29, 1.82) is 0 Å². The van der Waals surface area contributed by atoms with Crippen LogP contribution in [0.4, 0.5) is 5.82 Å². The largest absolute Gasteiger partial charge is 0.486 e. The van der Waals surface area contributed by atoms with Crippen molar-refractivity contribution in [2.75, 3.05) is 56.7 Å². The summed E-state index contributed by atoms with van der Waals surface area (Å²) in [5.41, 5.74) is 0.443. The molecule has 0 bridgehead atoms. The molecule has 0 spiro atoms. The first-order valence-electron chi connectivity index (χ1n) is 10.8. The Labute approximate surface area is 191 Å². The lowest BCUT2D eigenvalue weighted by Gasteiger charge is -2.23. The van der Waals surface area contributed by atoms with Crippen molar-refractivity contribution in [3.05, 3.63) is 42.1 Å². The second-order valence-electron chi connectivity index (χ2n) is 7.44. The number of pyridine rings is 1. The molecule has 4 rings (SSSR count). The summed E-state index contributed by atoms with van der Waals surface area (Å²) in [4.78, 5) is 34.1. The molecule has 1 fully saturated rings. The minimum Gasteiger partial charge on any atom is -0.486 e. The van der Waals surface area contributed by atoms with Gasteiger partial charge < -0.3 is 24.0 Å². The first kappa shape index (κ1) is 22.3. The average Bonchev–Trinajstić information content (AvgIpc) is 3.09. The number of carbonyl (C=O) groups is 2. The van der Waals surface area contributed by atoms with Crippen molar-refractivity contribution in [2.24, 2.45) is 0 Å². The van der Waals surface area contributed by atoms with Gasteiger partial charge in [0.2, 0.25) is 5.91 Å². The van der Waals surface area contributed by atoms with E-state index in [1.165, 1.54) is 11.8 Å². The Morgan fingerprint density at radius 2 is 1.91 bits per heavy atom. The smallest absolute Gasteiger partial charge is 0.339 e. The number of benzene rings is 1. The summed E-state index contributed by atoms with van der Waals surface area (Å²) in [5.74, 6) is 2.43. The number of aromatic nitrogens is 1. The van der Waals surface area contributed by atoms with Crippen molar-refractivity contribution in [3.63, 3.8) is 0 Å². The molecule has 3 heterocycles. The van der Waals surface area contributed by atoms with Crippen molar-refractivity contribution in [1.82, 2.24) is 9.88 Å². The van der Waals surface area contributed by atoms with Gasteiger partial charge in [-0.1, -0.05) is 0 Å². The maximum Gasteiger partial charge on any atom is 0.339 e. The van der Waals surface area contributed by atoms with E-state index in [4.69, 9.17) is 14.2 Å². The monoisotopic (exact) mass is 457 g/mol. The number of esters is 1. The van der Waals surface area contributed by atoms with E-state index < -0.39 is 0 Å². The van der Waals surface area contributed by atoms with Crippen molar-refractivity contribution >= 4 is 29.5 Å². The van der Waals surface area contributed by atoms with Crippen LogP contribution in [0.15, 0.2) is 41.4 Å². The molecule has 0 N–H and O–H groups in total. The van der Waals surface area contributed by atoms with Gasteiger partial charge in [0.05, 0.1) is 17.9 Å². The van der Waals surface area contributed by atoms with Crippen LogP contribution in [0.25, 0.3) is 0 Å². The second kappa shape index (κ2) is 10.6. The standard InChI is InChI=1S/C23H27N3O5S/c1-2-29-23(28)17-4-7-21(24-15-17)25-8-3-9-26(11-10-25)22(27)16-32-18-5-6-19-20(14-18)31-13-12-30-19/h4-7,14-15H,2-3,8-13,16H2,1H3. The minimum absolute atomic E-state index is 0.123. The summed E-state index contributed by atoms with van der Waals surface area (Å²) >= 11 is 1.51. The summed E-state index contributed by atoms with van der Waals surface area (Å²) in [6.07, 6.45) is 2.41. The van der Waals surface area contributed by atoms with Gasteiger partial charge >= 0.3 is 5.97 Å². The fourth-order valence-corrected chi connectivity index (χ4v) is 4.48. The highest BCUT2D eigenvalue weighted by Gasteiger charge is 2.21. The van der Waals surface area contributed by atoms with E-state index in [1.807, 2.05) is 29.2 Å². The molecule has 2 aliphatic heterocycles. The number of nitrogens with zero attached hydrogens (tertiary/aromatic N) is 3. The zero-order valence-electron chi connectivity index (χ0n) is 18.1. The number of thioether (sulfide) groups is 1. The van der Waals surface area contributed by atoms with Crippen LogP contribution in [0.1, 0.15) is 23.7 Å². The molecule has 0 aliphatic carbocycles. The van der Waals surface area contributed by atoms with E-state index in [0.29, 0.717) is 44.2 Å². The summed E-state index contributed by atoms with van der Waals surface area (Å²) in [6, 6.07) is 9.36. The van der Waals surface area contributed by atoms with Gasteiger partial charge in [-0.2, -0.15) is 0 Å². The van der Waals surface area contributed by atoms with Crippen LogP contribution in [0.3, 0.4) is 0 Å². The summed E-state index contributed by atoms with van der Waals surface area (Å²) in [5, 5.41) is 0. The molecule has 32 heavy (non-hydrogen) atoms. The third-order valence-electron chi connectivity index (χ3n) is 5.31. The molecule has 0 atom stereocenters. The molecule has 9 heteroatoms. The molecular weight excluding hydrogens is 430 g/mol. The fraction of sp³-hybridized carbons (Fsp3) is 0.435. The SMILES string of the molecule is CCOC(=O)c1ccc(N2CCCN(C(=O)CSc3ccc4c(c3)OCCO4)CC2)nc1. The van der Waals surface area contributed by atoms with E-state index >= 15 is 0 Å². The van der Waals surface area contributed by atoms with Crippen LogP contribution >= 0.6 is 11.8 Å². The average molecular weight is 458 g/mol. The first-order chi connectivity index (χ1) is 15.6. The van der Waals surface area contributed by atoms with E-state index in [9.17, 15) is 9.59 Å². The Balaban J connectivity index is 1.29. The topological polar surface area (TPSA) is 81.2 Å². The van der Waals surface area contributed by atoms with Gasteiger partial charge in [0, 0.05) is 37.3 Å². The number of ether oxygens (including phenoxy) is 3. The van der Waals surface area contributed by atoms with E-state index in [1.54, 1.807) is 19.2 Å². The predicted octanol–water partition coefficient (Wildman–Crippen LogP) is 2.86. The fourth-order valence-electron chi connectivity index (χ4n) is 3.65. The Morgan fingerprint density at radius 1 is 1.06 bits per heavy atom. The number of amides is 1. The molecular formula is C23H27N3O5S. The highest BCUT2D eigenvalue weighted by atomic mass is 32.2. The lowest BCUT2D eigenvalue weighted by molar-refractivity contribution is -0.128. The van der Waals surface area contributed by atoms with Gasteiger partial charge in [-0.25, -0.2) is 9.78 Å². The van der Waals surface area contributed by atoms with E-state index in [-0.39, 0.29) is 11.9 Å². The highest BCUT2D eigenvalue weighted by Crippen LogP contribution is 2.34. The van der Waals surface area contributed by atoms with Gasteiger partial charge in [-0.3, -0.25) is 4.79 Å². The number of fused-ring (bicyclic) bond motifs is 1. The number of rotatable bonds is 6. The molecule has 2 aliphatic rings. The van der Waals surface area contributed by atoms with Crippen LogP contribution in [0, 0.1) is 0 Å². The zero-order chi connectivity index (χ0) is 22.3. The number of anilines is 1. The van der Waals surface area contributed by atoms with Crippen molar-refractivity contribution in [3.8, 4) is 11.5 Å². The van der Waals surface area contributed by atoms with Crippen molar-refractivity contribution in [2.45, 2.75) is 18.2 Å². The normalized spacial score (nSPS) is 15.8. The summed E-state index contributed by atoms with van der Waals surface area (Å²) in [6.45, 7) is 6.10. The minimum atomic E-state index is -0.366. The van der Waals surface area contributed by atoms with E-state index in [2.05, 4.69) is 9.88 Å². The molecule has 8 nitrogen and oxygen atoms in total. The van der Waals surface area contributed by atoms with Crippen LogP contribution in [0.5, 0.6) is 11.5 Å². The van der Waals surface area contributed by atoms with Crippen molar-refractivity contribution < 1.29 is 23.8 Å². The van der Waals surface area contributed by atoms with E-state index in [0.717, 1.165) is 41.7 Å². The molecule has 1 aromatic heterocycles. The third-order valence-corrected chi connectivity index (χ3v) is 6.29. The highest BCUT2D eigenvalue weighted by molar-refractivity contribution is 8.00. The van der Waals surface area contributed by atoms with Gasteiger partial charge in [0.25, 0.3) is 0 Å². The Hall–Kier alpha value is -2.94. The molecule has 1 saturated heterocycles. The maximum absolute atomic E-state index is 12.8. The Morgan fingerprint density at radius 3 is 2.69 bits per heavy atom. The molecule has 170 valence electrons. The molecule has 1 amide bonds. The predicted molar refractivity (Wildman–Crippen MR) is 122 cm³/mol. The van der Waals surface area contributed by atoms with Gasteiger partial charge in [0.15, 0.2) is 11.5 Å². The quantitative estimate of drug-likeness (QED) is 0.484. The third kappa shape index (κ3) is 5.45. The molecule has 1 aromatic carbocycles. The lowest BCUT2D eigenvalue weighted by atomic mass is 10.2. The van der Waals surface area contributed by atoms with Crippen LogP contribution in [0.2, 0.25) is 0 Å². The summed E-state index contributed by atoms with van der Waals surface area (Å²) < 4.78 is 16.2.